The number of hydrogen-bond acceptors (Lipinski definition) is 1. The molecule has 0 N–H and O–H groups in total. The van der Waals surface area contributed by atoms with Gasteiger partial charge in [0.2, 0.25) is 0 Å². The molecule has 0 saturated carbocycles. The van der Waals surface area contributed by atoms with Gasteiger partial charge in [-0.1, -0.05) is 60.7 Å². The summed E-state index contributed by atoms with van der Waals surface area (Å²) in [5.74, 6) is 0. The second-order valence-corrected chi connectivity index (χ2v) is 8.22. The molecule has 0 aromatic heterocycles. The molecule has 3 nitrogen and oxygen atoms in total. The van der Waals surface area contributed by atoms with E-state index in [1.165, 1.54) is 11.1 Å². The van der Waals surface area contributed by atoms with Crippen LogP contribution in [-0.2, 0) is 17.8 Å². The van der Waals surface area contributed by atoms with Crippen LogP contribution < -0.4 is 24.8 Å². The minimum atomic E-state index is 0. The van der Waals surface area contributed by atoms with Crippen LogP contribution in [0.3, 0.4) is 0 Å². The van der Waals surface area contributed by atoms with Crippen LogP contribution in [0.4, 0.5) is 0 Å². The molecule has 0 unspecified atom stereocenters. The molecule has 0 bridgehead atoms. The summed E-state index contributed by atoms with van der Waals surface area (Å²) in [6.07, 6.45) is 0. The number of halogens is 2. The van der Waals surface area contributed by atoms with Gasteiger partial charge in [0.25, 0.3) is 0 Å². The Morgan fingerprint density at radius 2 is 0.926 bits per heavy atom. The second-order valence-electron chi connectivity index (χ2n) is 8.22. The zero-order valence-corrected chi connectivity index (χ0v) is 18.6. The summed E-state index contributed by atoms with van der Waals surface area (Å²) in [4.78, 5) is 0. The maximum absolute atomic E-state index is 5.95. The molecule has 0 radical (unpaired) electrons. The van der Waals surface area contributed by atoms with Gasteiger partial charge in [0.1, 0.15) is 26.2 Å². The summed E-state index contributed by atoms with van der Waals surface area (Å²) >= 11 is 0. The molecule has 0 heterocycles. The minimum absolute atomic E-state index is 0. The third-order valence-electron chi connectivity index (χ3n) is 4.59. The molecule has 27 heavy (non-hydrogen) atoms. The number of hydrogen-bond donors (Lipinski definition) is 0. The highest BCUT2D eigenvalue weighted by molar-refractivity contribution is 5.14. The average Bonchev–Trinajstić information content (AvgIpc) is 2.55. The number of benzene rings is 2. The van der Waals surface area contributed by atoms with Crippen molar-refractivity contribution in [3.8, 4) is 0 Å². The van der Waals surface area contributed by atoms with Gasteiger partial charge in [-0.05, 0) is 0 Å². The molecule has 0 spiro atoms. The van der Waals surface area contributed by atoms with E-state index in [1.807, 2.05) is 0 Å². The van der Waals surface area contributed by atoms with Crippen molar-refractivity contribution in [2.45, 2.75) is 13.1 Å². The molecule has 5 heteroatoms. The van der Waals surface area contributed by atoms with E-state index in [0.717, 1.165) is 48.4 Å². The number of likely N-dealkylation sites (N-methyl/N-ethyl adjacent to an activating group) is 2. The maximum Gasteiger partial charge on any atom is 0.104 e. The Bertz CT molecular complexity index is 563. The second kappa shape index (κ2) is 12.4. The van der Waals surface area contributed by atoms with Crippen LogP contribution in [0.15, 0.2) is 60.7 Å². The van der Waals surface area contributed by atoms with Gasteiger partial charge in [-0.25, -0.2) is 0 Å². The van der Waals surface area contributed by atoms with Crippen LogP contribution in [-0.4, -0.2) is 63.5 Å². The topological polar surface area (TPSA) is 9.23 Å². The first kappa shape index (κ1) is 25.9. The smallest absolute Gasteiger partial charge is 0.104 e. The van der Waals surface area contributed by atoms with E-state index < -0.39 is 0 Å². The van der Waals surface area contributed by atoms with Gasteiger partial charge in [-0.15, -0.1) is 0 Å². The molecule has 0 aliphatic rings. The quantitative estimate of drug-likeness (QED) is 0.311. The Balaban J connectivity index is 0.00000338. The fraction of sp³-hybridized carbons (Fsp3) is 0.455. The molecule has 0 atom stereocenters. The van der Waals surface area contributed by atoms with Crippen molar-refractivity contribution < 1.29 is 38.5 Å². The molecule has 0 saturated heterocycles. The number of ether oxygens (including phenoxy) is 1. The van der Waals surface area contributed by atoms with Crippen molar-refractivity contribution >= 4 is 0 Å². The van der Waals surface area contributed by atoms with Crippen molar-refractivity contribution in [3.05, 3.63) is 71.8 Å². The van der Waals surface area contributed by atoms with Crippen molar-refractivity contribution in [2.75, 3.05) is 54.5 Å². The summed E-state index contributed by atoms with van der Waals surface area (Å²) in [5.41, 5.74) is 2.77. The zero-order valence-electron chi connectivity index (χ0n) is 17.1. The first-order valence-electron chi connectivity index (χ1n) is 9.16. The lowest BCUT2D eigenvalue weighted by Gasteiger charge is -2.31. The average molecular weight is 413 g/mol. The molecule has 2 aromatic rings. The van der Waals surface area contributed by atoms with E-state index in [9.17, 15) is 0 Å². The highest BCUT2D eigenvalue weighted by Crippen LogP contribution is 2.10. The molecule has 2 rings (SSSR count). The Morgan fingerprint density at radius 3 is 1.26 bits per heavy atom. The van der Waals surface area contributed by atoms with E-state index >= 15 is 0 Å². The van der Waals surface area contributed by atoms with E-state index in [4.69, 9.17) is 4.74 Å². The van der Waals surface area contributed by atoms with Crippen LogP contribution in [0.1, 0.15) is 11.1 Å². The van der Waals surface area contributed by atoms with E-state index in [0.29, 0.717) is 0 Å². The summed E-state index contributed by atoms with van der Waals surface area (Å²) < 4.78 is 7.85. The molecule has 0 fully saturated rings. The third kappa shape index (κ3) is 10.7. The SMILES string of the molecule is C[N+](C)(CCOCC[N+](C)(C)Cc1ccccc1)Cc1ccccc1.[Cl-].[Cl-]. The number of rotatable bonds is 10. The lowest BCUT2D eigenvalue weighted by Crippen LogP contribution is -3.00. The number of quaternary nitrogens is 2. The maximum atomic E-state index is 5.95. The molecular weight excluding hydrogens is 379 g/mol. The molecular formula is C22H34Cl2N2O. The molecule has 2 aromatic carbocycles. The molecule has 0 amide bonds. The zero-order chi connectivity index (χ0) is 18.2. The molecule has 152 valence electrons. The van der Waals surface area contributed by atoms with Gasteiger partial charge in [0.05, 0.1) is 41.4 Å². The Hall–Kier alpha value is -1.10. The highest BCUT2D eigenvalue weighted by atomic mass is 35.5. The molecule has 0 aliphatic carbocycles. The van der Waals surface area contributed by atoms with Crippen molar-refractivity contribution in [2.24, 2.45) is 0 Å². The van der Waals surface area contributed by atoms with E-state index in [-0.39, 0.29) is 24.8 Å². The third-order valence-corrected chi connectivity index (χ3v) is 4.59. The fourth-order valence-corrected chi connectivity index (χ4v) is 3.04. The standard InChI is InChI=1S/C22H34N2O.2ClH/c1-23(2,19-21-11-7-5-8-12-21)15-17-25-18-16-24(3,4)20-22-13-9-6-10-14-22;;/h5-14H,15-20H2,1-4H3;2*1H/q+2;;/p-2. The van der Waals surface area contributed by atoms with Crippen LogP contribution in [0.2, 0.25) is 0 Å². The Kier molecular flexibility index (Phi) is 11.9. The van der Waals surface area contributed by atoms with Crippen LogP contribution in [0.5, 0.6) is 0 Å². The van der Waals surface area contributed by atoms with Crippen LogP contribution in [0.25, 0.3) is 0 Å². The lowest BCUT2D eigenvalue weighted by atomic mass is 10.2. The van der Waals surface area contributed by atoms with Crippen molar-refractivity contribution in [1.82, 2.24) is 0 Å². The van der Waals surface area contributed by atoms with Gasteiger partial charge in [0, 0.05) is 11.1 Å². The van der Waals surface area contributed by atoms with Gasteiger partial charge in [0.15, 0.2) is 0 Å². The van der Waals surface area contributed by atoms with E-state index in [2.05, 4.69) is 88.9 Å². The Labute approximate surface area is 177 Å². The minimum Gasteiger partial charge on any atom is -1.00 e. The summed E-state index contributed by atoms with van der Waals surface area (Å²) in [5, 5.41) is 0. The van der Waals surface area contributed by atoms with Crippen LogP contribution in [0, 0.1) is 0 Å². The monoisotopic (exact) mass is 412 g/mol. The van der Waals surface area contributed by atoms with Gasteiger partial charge in [-0.2, -0.15) is 0 Å². The predicted octanol–water partition coefficient (Wildman–Crippen LogP) is -2.44. The summed E-state index contributed by atoms with van der Waals surface area (Å²) in [7, 11) is 9.08. The summed E-state index contributed by atoms with van der Waals surface area (Å²) in [6.45, 7) is 5.76. The first-order chi connectivity index (χ1) is 11.9. The van der Waals surface area contributed by atoms with Gasteiger partial charge in [-0.3, -0.25) is 0 Å². The van der Waals surface area contributed by atoms with E-state index in [1.54, 1.807) is 0 Å². The van der Waals surface area contributed by atoms with Crippen molar-refractivity contribution in [1.29, 1.82) is 0 Å². The van der Waals surface area contributed by atoms with Crippen molar-refractivity contribution in [3.63, 3.8) is 0 Å². The summed E-state index contributed by atoms with van der Waals surface area (Å²) in [6, 6.07) is 21.4. The molecule has 0 aliphatic heterocycles. The normalized spacial score (nSPS) is 11.4. The highest BCUT2D eigenvalue weighted by Gasteiger charge is 2.18. The number of nitrogens with zero attached hydrogens (tertiary/aromatic N) is 2. The largest absolute Gasteiger partial charge is 1.00 e. The fourth-order valence-electron chi connectivity index (χ4n) is 3.04. The lowest BCUT2D eigenvalue weighted by molar-refractivity contribution is -0.907. The predicted molar refractivity (Wildman–Crippen MR) is 105 cm³/mol. The Morgan fingerprint density at radius 1 is 0.593 bits per heavy atom. The van der Waals surface area contributed by atoms with Gasteiger partial charge < -0.3 is 38.5 Å². The first-order valence-corrected chi connectivity index (χ1v) is 9.16. The van der Waals surface area contributed by atoms with Gasteiger partial charge >= 0.3 is 0 Å². The van der Waals surface area contributed by atoms with Crippen LogP contribution >= 0.6 is 0 Å².